The summed E-state index contributed by atoms with van der Waals surface area (Å²) < 4.78 is 22.9. The largest absolute Gasteiger partial charge is 0.336 e. The average molecular weight is 283 g/mol. The molecule has 1 aromatic rings. The Labute approximate surface area is 112 Å². The number of H-pyrrole nitrogens is 1. The second kappa shape index (κ2) is 4.33. The van der Waals surface area contributed by atoms with Gasteiger partial charge < -0.3 is 4.90 Å². The summed E-state index contributed by atoms with van der Waals surface area (Å²) in [4.78, 5) is 13.8. The zero-order chi connectivity index (χ0) is 13.6. The second-order valence-electron chi connectivity index (χ2n) is 5.46. The summed E-state index contributed by atoms with van der Waals surface area (Å²) >= 11 is 0. The van der Waals surface area contributed by atoms with Gasteiger partial charge in [-0.1, -0.05) is 0 Å². The summed E-state index contributed by atoms with van der Waals surface area (Å²) in [5.74, 6) is 0.551. The maximum absolute atomic E-state index is 12.2. The first-order valence-corrected chi connectivity index (χ1v) is 8.31. The Hall–Kier alpha value is -1.37. The summed E-state index contributed by atoms with van der Waals surface area (Å²) in [5.41, 5.74) is 1.39. The molecule has 1 saturated heterocycles. The molecule has 3 rings (SSSR count). The Balaban J connectivity index is 1.72. The number of rotatable bonds is 3. The van der Waals surface area contributed by atoms with E-state index >= 15 is 0 Å². The first kappa shape index (κ1) is 12.7. The van der Waals surface area contributed by atoms with Crippen LogP contribution < -0.4 is 0 Å². The standard InChI is InChI=1S/C12H17N3O3S/c1-15(9-4-5-19(17,18)7-9)12(16)11-6-10(13-14-11)8-2-3-8/h6,8-9H,2-5,7H2,1H3,(H,13,14). The molecule has 0 spiro atoms. The SMILES string of the molecule is CN(C(=O)c1cc(C2CC2)[nH]n1)C1CCS(=O)(=O)C1. The van der Waals surface area contributed by atoms with Gasteiger partial charge in [0.1, 0.15) is 5.69 Å². The highest BCUT2D eigenvalue weighted by Gasteiger charge is 2.34. The Bertz CT molecular complexity index is 603. The summed E-state index contributed by atoms with van der Waals surface area (Å²) in [6.45, 7) is 0. The number of carbonyl (C=O) groups excluding carboxylic acids is 1. The van der Waals surface area contributed by atoms with Gasteiger partial charge in [-0.15, -0.1) is 0 Å². The minimum Gasteiger partial charge on any atom is -0.336 e. The van der Waals surface area contributed by atoms with E-state index in [1.54, 1.807) is 13.1 Å². The Morgan fingerprint density at radius 1 is 1.42 bits per heavy atom. The predicted molar refractivity (Wildman–Crippen MR) is 69.7 cm³/mol. The van der Waals surface area contributed by atoms with Gasteiger partial charge in [-0.2, -0.15) is 5.10 Å². The van der Waals surface area contributed by atoms with Crippen molar-refractivity contribution in [2.75, 3.05) is 18.6 Å². The number of sulfone groups is 1. The molecule has 2 aliphatic rings. The third-order valence-corrected chi connectivity index (χ3v) is 5.66. The number of hydrogen-bond donors (Lipinski definition) is 1. The number of carbonyl (C=O) groups is 1. The van der Waals surface area contributed by atoms with Crippen LogP contribution in [0.4, 0.5) is 0 Å². The number of hydrogen-bond acceptors (Lipinski definition) is 4. The van der Waals surface area contributed by atoms with E-state index in [-0.39, 0.29) is 23.5 Å². The van der Waals surface area contributed by atoms with Crippen molar-refractivity contribution in [3.63, 3.8) is 0 Å². The molecule has 1 aliphatic carbocycles. The molecule has 1 N–H and O–H groups in total. The number of aromatic amines is 1. The molecule has 0 aromatic carbocycles. The lowest BCUT2D eigenvalue weighted by molar-refractivity contribution is 0.0741. The molecule has 1 unspecified atom stereocenters. The highest BCUT2D eigenvalue weighted by Crippen LogP contribution is 2.39. The smallest absolute Gasteiger partial charge is 0.274 e. The van der Waals surface area contributed by atoms with Crippen LogP contribution in [0.5, 0.6) is 0 Å². The first-order chi connectivity index (χ1) is 8.96. The van der Waals surface area contributed by atoms with Crippen LogP contribution in [0, 0.1) is 0 Å². The third-order valence-electron chi connectivity index (χ3n) is 3.91. The van der Waals surface area contributed by atoms with Crippen molar-refractivity contribution in [2.24, 2.45) is 0 Å². The van der Waals surface area contributed by atoms with Crippen LogP contribution in [0.2, 0.25) is 0 Å². The van der Waals surface area contributed by atoms with E-state index in [9.17, 15) is 13.2 Å². The molecule has 1 saturated carbocycles. The normalized spacial score (nSPS) is 25.4. The monoisotopic (exact) mass is 283 g/mol. The lowest BCUT2D eigenvalue weighted by Gasteiger charge is -2.22. The molecule has 1 atom stereocenters. The third kappa shape index (κ3) is 2.51. The lowest BCUT2D eigenvalue weighted by Crippen LogP contribution is -2.38. The van der Waals surface area contributed by atoms with E-state index in [0.717, 1.165) is 18.5 Å². The zero-order valence-electron chi connectivity index (χ0n) is 10.8. The molecule has 0 radical (unpaired) electrons. The fourth-order valence-corrected chi connectivity index (χ4v) is 4.25. The highest BCUT2D eigenvalue weighted by atomic mass is 32.2. The summed E-state index contributed by atoms with van der Waals surface area (Å²) in [6.07, 6.45) is 2.81. The van der Waals surface area contributed by atoms with E-state index in [4.69, 9.17) is 0 Å². The number of aromatic nitrogens is 2. The van der Waals surface area contributed by atoms with Crippen molar-refractivity contribution in [3.8, 4) is 0 Å². The Morgan fingerprint density at radius 3 is 2.74 bits per heavy atom. The summed E-state index contributed by atoms with van der Waals surface area (Å²) in [7, 11) is -1.32. The summed E-state index contributed by atoms with van der Waals surface area (Å²) in [6, 6.07) is 1.57. The van der Waals surface area contributed by atoms with Gasteiger partial charge in [0, 0.05) is 24.7 Å². The van der Waals surface area contributed by atoms with Gasteiger partial charge in [0.15, 0.2) is 9.84 Å². The van der Waals surface area contributed by atoms with Gasteiger partial charge in [-0.3, -0.25) is 9.89 Å². The lowest BCUT2D eigenvalue weighted by atomic mass is 10.2. The summed E-state index contributed by atoms with van der Waals surface area (Å²) in [5, 5.41) is 6.94. The number of nitrogens with zero attached hydrogens (tertiary/aromatic N) is 2. The van der Waals surface area contributed by atoms with Gasteiger partial charge in [0.25, 0.3) is 5.91 Å². The number of nitrogens with one attached hydrogen (secondary N) is 1. The molecule has 19 heavy (non-hydrogen) atoms. The molecule has 1 aromatic heterocycles. The van der Waals surface area contributed by atoms with Gasteiger partial charge in [-0.05, 0) is 25.3 Å². The highest BCUT2D eigenvalue weighted by molar-refractivity contribution is 7.91. The molecule has 7 heteroatoms. The van der Waals surface area contributed by atoms with Gasteiger partial charge in [0.05, 0.1) is 11.5 Å². The van der Waals surface area contributed by atoms with Crippen molar-refractivity contribution in [2.45, 2.75) is 31.2 Å². The van der Waals surface area contributed by atoms with Crippen LogP contribution in [-0.2, 0) is 9.84 Å². The van der Waals surface area contributed by atoms with Crippen molar-refractivity contribution in [1.82, 2.24) is 15.1 Å². The van der Waals surface area contributed by atoms with E-state index in [2.05, 4.69) is 10.2 Å². The molecule has 104 valence electrons. The van der Waals surface area contributed by atoms with Crippen molar-refractivity contribution in [1.29, 1.82) is 0 Å². The van der Waals surface area contributed by atoms with Crippen molar-refractivity contribution < 1.29 is 13.2 Å². The Morgan fingerprint density at radius 2 is 2.16 bits per heavy atom. The second-order valence-corrected chi connectivity index (χ2v) is 7.68. The van der Waals surface area contributed by atoms with Gasteiger partial charge >= 0.3 is 0 Å². The fourth-order valence-electron chi connectivity index (χ4n) is 2.48. The van der Waals surface area contributed by atoms with Gasteiger partial charge in [-0.25, -0.2) is 8.42 Å². The average Bonchev–Trinajstić information content (AvgIpc) is 2.98. The molecule has 6 nitrogen and oxygen atoms in total. The molecular formula is C12H17N3O3S. The maximum atomic E-state index is 12.2. The predicted octanol–water partition coefficient (Wildman–Crippen LogP) is 0.546. The molecule has 2 fully saturated rings. The molecular weight excluding hydrogens is 266 g/mol. The van der Waals surface area contributed by atoms with Crippen molar-refractivity contribution >= 4 is 15.7 Å². The topological polar surface area (TPSA) is 83.1 Å². The van der Waals surface area contributed by atoms with Crippen LogP contribution in [-0.4, -0.2) is 54.0 Å². The van der Waals surface area contributed by atoms with Crippen LogP contribution >= 0.6 is 0 Å². The minimum absolute atomic E-state index is 0.0646. The van der Waals surface area contributed by atoms with Crippen molar-refractivity contribution in [3.05, 3.63) is 17.5 Å². The quantitative estimate of drug-likeness (QED) is 0.878. The maximum Gasteiger partial charge on any atom is 0.274 e. The van der Waals surface area contributed by atoms with E-state index in [1.165, 1.54) is 4.90 Å². The van der Waals surface area contributed by atoms with Gasteiger partial charge in [0.2, 0.25) is 0 Å². The molecule has 1 amide bonds. The minimum atomic E-state index is -2.98. The molecule has 1 aliphatic heterocycles. The van der Waals surface area contributed by atoms with Crippen LogP contribution in [0.1, 0.15) is 41.4 Å². The molecule has 0 bridgehead atoms. The van der Waals surface area contributed by atoms with Crippen LogP contribution in [0.15, 0.2) is 6.07 Å². The number of amides is 1. The zero-order valence-corrected chi connectivity index (χ0v) is 11.6. The van der Waals surface area contributed by atoms with Crippen LogP contribution in [0.25, 0.3) is 0 Å². The fraction of sp³-hybridized carbons (Fsp3) is 0.667. The van der Waals surface area contributed by atoms with E-state index < -0.39 is 9.84 Å². The first-order valence-electron chi connectivity index (χ1n) is 6.49. The van der Waals surface area contributed by atoms with Crippen LogP contribution in [0.3, 0.4) is 0 Å². The van der Waals surface area contributed by atoms with E-state index in [1.807, 2.05) is 0 Å². The Kier molecular flexibility index (Phi) is 2.88. The van der Waals surface area contributed by atoms with E-state index in [0.29, 0.717) is 18.0 Å². The molecule has 2 heterocycles.